The van der Waals surface area contributed by atoms with Crippen molar-refractivity contribution in [2.45, 2.75) is 38.8 Å². The van der Waals surface area contributed by atoms with Gasteiger partial charge in [0.1, 0.15) is 10.7 Å². The first-order valence-electron chi connectivity index (χ1n) is 6.72. The Morgan fingerprint density at radius 2 is 2.32 bits per heavy atom. The van der Waals surface area contributed by atoms with Gasteiger partial charge in [-0.25, -0.2) is 0 Å². The van der Waals surface area contributed by atoms with Crippen LogP contribution in [0.15, 0.2) is 0 Å². The van der Waals surface area contributed by atoms with Gasteiger partial charge in [0.25, 0.3) is 0 Å². The fourth-order valence-electron chi connectivity index (χ4n) is 1.74. The highest BCUT2D eigenvalue weighted by atomic mass is 32.1. The standard InChI is InChI=1S/C12H21N5OS/c1-3-6-13-12-10(15-16-19-12)7-17(2)8-11(18)14-9-4-5-9/h9,13H,3-8H2,1-2H3,(H,14,18). The third-order valence-corrected chi connectivity index (χ3v) is 3.59. The van der Waals surface area contributed by atoms with Crippen molar-refractivity contribution in [1.82, 2.24) is 19.8 Å². The second-order valence-corrected chi connectivity index (χ2v) is 5.74. The molecule has 0 spiro atoms. The van der Waals surface area contributed by atoms with Crippen LogP contribution in [0.4, 0.5) is 5.00 Å². The van der Waals surface area contributed by atoms with Gasteiger partial charge in [-0.2, -0.15) is 0 Å². The lowest BCUT2D eigenvalue weighted by Crippen LogP contribution is -2.36. The molecule has 106 valence electrons. The van der Waals surface area contributed by atoms with Gasteiger partial charge in [0, 0.05) is 30.7 Å². The first-order valence-corrected chi connectivity index (χ1v) is 7.49. The molecule has 0 radical (unpaired) electrons. The summed E-state index contributed by atoms with van der Waals surface area (Å²) in [6, 6.07) is 0.420. The lowest BCUT2D eigenvalue weighted by atomic mass is 10.4. The molecule has 0 saturated heterocycles. The second kappa shape index (κ2) is 6.81. The number of carbonyl (C=O) groups excluding carboxylic acids is 1. The Labute approximate surface area is 117 Å². The Morgan fingerprint density at radius 3 is 3.00 bits per heavy atom. The molecule has 1 aliphatic rings. The van der Waals surface area contributed by atoms with Crippen molar-refractivity contribution >= 4 is 22.4 Å². The van der Waals surface area contributed by atoms with Crippen LogP contribution in [-0.4, -0.2) is 46.6 Å². The number of aromatic nitrogens is 2. The maximum atomic E-state index is 11.7. The summed E-state index contributed by atoms with van der Waals surface area (Å²) in [5.74, 6) is 0.0938. The molecule has 2 N–H and O–H groups in total. The van der Waals surface area contributed by atoms with E-state index in [0.717, 1.165) is 36.5 Å². The highest BCUT2D eigenvalue weighted by Crippen LogP contribution is 2.20. The topological polar surface area (TPSA) is 70.2 Å². The summed E-state index contributed by atoms with van der Waals surface area (Å²) in [6.45, 7) is 4.08. The molecule has 1 aromatic heterocycles. The predicted molar refractivity (Wildman–Crippen MR) is 76.2 cm³/mol. The summed E-state index contributed by atoms with van der Waals surface area (Å²) >= 11 is 1.37. The lowest BCUT2D eigenvalue weighted by molar-refractivity contribution is -0.122. The molecule has 1 heterocycles. The van der Waals surface area contributed by atoms with E-state index in [2.05, 4.69) is 27.1 Å². The molecule has 1 amide bonds. The number of amides is 1. The van der Waals surface area contributed by atoms with Gasteiger partial charge in [0.05, 0.1) is 6.54 Å². The number of carbonyl (C=O) groups is 1. The van der Waals surface area contributed by atoms with Gasteiger partial charge in [-0.15, -0.1) is 5.10 Å². The van der Waals surface area contributed by atoms with E-state index in [1.54, 1.807) is 0 Å². The summed E-state index contributed by atoms with van der Waals surface area (Å²) < 4.78 is 3.97. The molecule has 0 bridgehead atoms. The lowest BCUT2D eigenvalue weighted by Gasteiger charge is -2.15. The van der Waals surface area contributed by atoms with Gasteiger partial charge in [0.15, 0.2) is 0 Å². The highest BCUT2D eigenvalue weighted by Gasteiger charge is 2.23. The van der Waals surface area contributed by atoms with Crippen molar-refractivity contribution < 1.29 is 4.79 Å². The van der Waals surface area contributed by atoms with E-state index in [9.17, 15) is 4.79 Å². The number of nitrogens with one attached hydrogen (secondary N) is 2. The highest BCUT2D eigenvalue weighted by molar-refractivity contribution is 7.10. The number of likely N-dealkylation sites (N-methyl/N-ethyl adjacent to an activating group) is 1. The molecule has 1 fully saturated rings. The number of anilines is 1. The number of hydrogen-bond acceptors (Lipinski definition) is 6. The smallest absolute Gasteiger partial charge is 0.234 e. The summed E-state index contributed by atoms with van der Waals surface area (Å²) in [5.41, 5.74) is 0.917. The maximum Gasteiger partial charge on any atom is 0.234 e. The van der Waals surface area contributed by atoms with Crippen molar-refractivity contribution in [3.8, 4) is 0 Å². The molecular formula is C12H21N5OS. The van der Waals surface area contributed by atoms with Gasteiger partial charge in [-0.1, -0.05) is 11.4 Å². The normalized spacial score (nSPS) is 14.7. The molecule has 0 unspecified atom stereocenters. The summed E-state index contributed by atoms with van der Waals surface area (Å²) in [4.78, 5) is 13.7. The molecule has 2 rings (SSSR count). The number of hydrogen-bond donors (Lipinski definition) is 2. The molecule has 0 aliphatic heterocycles. The summed E-state index contributed by atoms with van der Waals surface area (Å²) in [7, 11) is 1.93. The SMILES string of the molecule is CCCNc1snnc1CN(C)CC(=O)NC1CC1. The fraction of sp³-hybridized carbons (Fsp3) is 0.750. The van der Waals surface area contributed by atoms with Gasteiger partial charge in [-0.3, -0.25) is 9.69 Å². The van der Waals surface area contributed by atoms with Crippen molar-refractivity contribution in [3.05, 3.63) is 5.69 Å². The first-order chi connectivity index (χ1) is 9.19. The minimum atomic E-state index is 0.0938. The van der Waals surface area contributed by atoms with E-state index in [-0.39, 0.29) is 5.91 Å². The Kier molecular flexibility index (Phi) is 5.09. The molecule has 6 nitrogen and oxygen atoms in total. The maximum absolute atomic E-state index is 11.7. The number of nitrogens with zero attached hydrogens (tertiary/aromatic N) is 3. The Balaban J connectivity index is 1.78. The average Bonchev–Trinajstić information content (AvgIpc) is 3.05. The van der Waals surface area contributed by atoms with E-state index in [1.165, 1.54) is 11.5 Å². The monoisotopic (exact) mass is 283 g/mol. The third kappa shape index (κ3) is 4.76. The third-order valence-electron chi connectivity index (χ3n) is 2.87. The minimum Gasteiger partial charge on any atom is -0.374 e. The van der Waals surface area contributed by atoms with E-state index in [0.29, 0.717) is 19.1 Å². The van der Waals surface area contributed by atoms with Gasteiger partial charge in [-0.05, 0) is 26.3 Å². The minimum absolute atomic E-state index is 0.0938. The van der Waals surface area contributed by atoms with E-state index >= 15 is 0 Å². The van der Waals surface area contributed by atoms with Crippen molar-refractivity contribution in [2.24, 2.45) is 0 Å². The predicted octanol–water partition coefficient (Wildman–Crippen LogP) is 1.07. The van der Waals surface area contributed by atoms with Crippen LogP contribution in [0.1, 0.15) is 31.9 Å². The van der Waals surface area contributed by atoms with E-state index in [1.807, 2.05) is 11.9 Å². The van der Waals surface area contributed by atoms with Gasteiger partial charge >= 0.3 is 0 Å². The largest absolute Gasteiger partial charge is 0.374 e. The Hall–Kier alpha value is -1.21. The van der Waals surface area contributed by atoms with Crippen LogP contribution in [0.5, 0.6) is 0 Å². The first kappa shape index (κ1) is 14.2. The molecule has 7 heteroatoms. The number of rotatable bonds is 8. The van der Waals surface area contributed by atoms with Crippen LogP contribution in [0.25, 0.3) is 0 Å². The molecule has 1 aliphatic carbocycles. The van der Waals surface area contributed by atoms with E-state index in [4.69, 9.17) is 0 Å². The average molecular weight is 283 g/mol. The summed E-state index contributed by atoms with van der Waals surface area (Å²) in [5, 5.41) is 11.4. The van der Waals surface area contributed by atoms with Crippen LogP contribution in [0, 0.1) is 0 Å². The second-order valence-electron chi connectivity index (χ2n) is 4.99. The van der Waals surface area contributed by atoms with Gasteiger partial charge < -0.3 is 10.6 Å². The molecule has 0 atom stereocenters. The van der Waals surface area contributed by atoms with Crippen LogP contribution >= 0.6 is 11.5 Å². The zero-order valence-electron chi connectivity index (χ0n) is 11.5. The summed E-state index contributed by atoms with van der Waals surface area (Å²) in [6.07, 6.45) is 3.31. The fourth-order valence-corrected chi connectivity index (χ4v) is 2.34. The molecule has 0 aromatic carbocycles. The Morgan fingerprint density at radius 1 is 1.53 bits per heavy atom. The molecule has 1 saturated carbocycles. The molecule has 1 aromatic rings. The van der Waals surface area contributed by atoms with Crippen molar-refractivity contribution in [3.63, 3.8) is 0 Å². The van der Waals surface area contributed by atoms with E-state index < -0.39 is 0 Å². The molecular weight excluding hydrogens is 262 g/mol. The van der Waals surface area contributed by atoms with Crippen LogP contribution in [-0.2, 0) is 11.3 Å². The quantitative estimate of drug-likeness (QED) is 0.747. The van der Waals surface area contributed by atoms with Crippen LogP contribution in [0.2, 0.25) is 0 Å². The Bertz CT molecular complexity index is 418. The van der Waals surface area contributed by atoms with Crippen molar-refractivity contribution in [1.29, 1.82) is 0 Å². The zero-order chi connectivity index (χ0) is 13.7. The van der Waals surface area contributed by atoms with Gasteiger partial charge in [0.2, 0.25) is 5.91 Å². The van der Waals surface area contributed by atoms with Crippen LogP contribution in [0.3, 0.4) is 0 Å². The van der Waals surface area contributed by atoms with Crippen molar-refractivity contribution in [2.75, 3.05) is 25.5 Å². The van der Waals surface area contributed by atoms with Crippen LogP contribution < -0.4 is 10.6 Å². The molecule has 19 heavy (non-hydrogen) atoms. The zero-order valence-corrected chi connectivity index (χ0v) is 12.3.